The third kappa shape index (κ3) is 4.81. The van der Waals surface area contributed by atoms with Gasteiger partial charge in [0.2, 0.25) is 0 Å². The number of aromatic nitrogens is 1. The summed E-state index contributed by atoms with van der Waals surface area (Å²) in [4.78, 5) is 18.6. The Labute approximate surface area is 121 Å². The number of amides is 1. The van der Waals surface area contributed by atoms with Crippen LogP contribution in [-0.4, -0.2) is 46.6 Å². The minimum atomic E-state index is -0.0893. The molecule has 5 nitrogen and oxygen atoms in total. The Bertz CT molecular complexity index is 421. The molecule has 0 saturated carbocycles. The van der Waals surface area contributed by atoms with Crippen LogP contribution in [0.3, 0.4) is 0 Å². The predicted molar refractivity (Wildman–Crippen MR) is 80.9 cm³/mol. The zero-order valence-electron chi connectivity index (χ0n) is 12.6. The summed E-state index contributed by atoms with van der Waals surface area (Å²) in [5.41, 5.74) is 0.442. The lowest BCUT2D eigenvalue weighted by atomic mass is 10.2. The molecule has 0 saturated heterocycles. The molecule has 0 aliphatic heterocycles. The average molecular weight is 279 g/mol. The third-order valence-corrected chi connectivity index (χ3v) is 2.97. The van der Waals surface area contributed by atoms with Crippen molar-refractivity contribution in [1.82, 2.24) is 9.88 Å². The molecule has 2 N–H and O–H groups in total. The van der Waals surface area contributed by atoms with Gasteiger partial charge in [-0.2, -0.15) is 0 Å². The van der Waals surface area contributed by atoms with Crippen LogP contribution in [0, 0.1) is 0 Å². The highest BCUT2D eigenvalue weighted by Crippen LogP contribution is 2.10. The first kappa shape index (κ1) is 16.4. The van der Waals surface area contributed by atoms with Gasteiger partial charge in [0, 0.05) is 25.7 Å². The molecule has 20 heavy (non-hydrogen) atoms. The maximum Gasteiger partial charge on any atom is 0.272 e. The Morgan fingerprint density at radius 2 is 2.20 bits per heavy atom. The fraction of sp³-hybridized carbons (Fsp3) is 0.600. The Morgan fingerprint density at radius 3 is 2.80 bits per heavy atom. The maximum atomic E-state index is 12.5. The Hall–Kier alpha value is -1.62. The molecule has 0 aromatic carbocycles. The highest BCUT2D eigenvalue weighted by atomic mass is 16.3. The molecule has 1 rings (SSSR count). The third-order valence-electron chi connectivity index (χ3n) is 2.97. The van der Waals surface area contributed by atoms with Gasteiger partial charge in [0.05, 0.1) is 0 Å². The molecule has 112 valence electrons. The van der Waals surface area contributed by atoms with E-state index in [2.05, 4.69) is 17.2 Å². The first-order valence-electron chi connectivity index (χ1n) is 7.22. The van der Waals surface area contributed by atoms with Crippen LogP contribution >= 0.6 is 0 Å². The second-order valence-corrected chi connectivity index (χ2v) is 5.00. The largest absolute Gasteiger partial charge is 0.396 e. The van der Waals surface area contributed by atoms with Crippen LogP contribution in [0.2, 0.25) is 0 Å². The first-order valence-corrected chi connectivity index (χ1v) is 7.22. The van der Waals surface area contributed by atoms with Gasteiger partial charge in [-0.3, -0.25) is 4.79 Å². The summed E-state index contributed by atoms with van der Waals surface area (Å²) < 4.78 is 0. The molecular formula is C15H25N3O2. The van der Waals surface area contributed by atoms with Gasteiger partial charge in [-0.05, 0) is 38.8 Å². The van der Waals surface area contributed by atoms with E-state index in [4.69, 9.17) is 5.11 Å². The van der Waals surface area contributed by atoms with E-state index in [1.165, 1.54) is 0 Å². The summed E-state index contributed by atoms with van der Waals surface area (Å²) in [5.74, 6) is 0.636. The van der Waals surface area contributed by atoms with Crippen molar-refractivity contribution >= 4 is 11.7 Å². The molecule has 0 aliphatic carbocycles. The number of pyridine rings is 1. The molecule has 0 fully saturated rings. The normalized spacial score (nSPS) is 10.7. The van der Waals surface area contributed by atoms with Crippen molar-refractivity contribution in [2.75, 3.05) is 25.0 Å². The molecule has 0 aliphatic rings. The Kier molecular flexibility index (Phi) is 7.01. The van der Waals surface area contributed by atoms with Crippen molar-refractivity contribution in [2.24, 2.45) is 0 Å². The van der Waals surface area contributed by atoms with Crippen LogP contribution in [0.15, 0.2) is 18.2 Å². The molecular weight excluding hydrogens is 254 g/mol. The van der Waals surface area contributed by atoms with Gasteiger partial charge in [0.15, 0.2) is 0 Å². The van der Waals surface area contributed by atoms with E-state index in [0.29, 0.717) is 18.7 Å². The number of aliphatic hydroxyl groups is 1. The molecule has 1 aromatic rings. The number of rotatable bonds is 8. The van der Waals surface area contributed by atoms with E-state index in [-0.39, 0.29) is 18.6 Å². The van der Waals surface area contributed by atoms with E-state index < -0.39 is 0 Å². The monoisotopic (exact) mass is 279 g/mol. The van der Waals surface area contributed by atoms with Crippen molar-refractivity contribution < 1.29 is 9.90 Å². The molecule has 1 amide bonds. The van der Waals surface area contributed by atoms with Crippen LogP contribution in [0.5, 0.6) is 0 Å². The lowest BCUT2D eigenvalue weighted by Gasteiger charge is -2.26. The van der Waals surface area contributed by atoms with Gasteiger partial charge < -0.3 is 15.3 Å². The van der Waals surface area contributed by atoms with Crippen LogP contribution in [-0.2, 0) is 0 Å². The van der Waals surface area contributed by atoms with E-state index in [1.54, 1.807) is 11.0 Å². The van der Waals surface area contributed by atoms with Crippen molar-refractivity contribution in [2.45, 2.75) is 39.7 Å². The molecule has 0 radical (unpaired) electrons. The smallest absolute Gasteiger partial charge is 0.272 e. The average Bonchev–Trinajstić information content (AvgIpc) is 2.45. The van der Waals surface area contributed by atoms with Crippen molar-refractivity contribution in [3.63, 3.8) is 0 Å². The number of carbonyl (C=O) groups is 1. The molecule has 0 spiro atoms. The van der Waals surface area contributed by atoms with Gasteiger partial charge in [-0.25, -0.2) is 4.98 Å². The van der Waals surface area contributed by atoms with Crippen molar-refractivity contribution in [3.8, 4) is 0 Å². The van der Waals surface area contributed by atoms with Crippen LogP contribution < -0.4 is 5.32 Å². The fourth-order valence-corrected chi connectivity index (χ4v) is 1.89. The summed E-state index contributed by atoms with van der Waals surface area (Å²) in [6.07, 6.45) is 1.59. The van der Waals surface area contributed by atoms with Crippen molar-refractivity contribution in [1.29, 1.82) is 0 Å². The van der Waals surface area contributed by atoms with E-state index in [9.17, 15) is 4.79 Å². The van der Waals surface area contributed by atoms with Crippen LogP contribution in [0.1, 0.15) is 44.1 Å². The number of nitrogens with zero attached hydrogens (tertiary/aromatic N) is 2. The number of aliphatic hydroxyl groups excluding tert-OH is 1. The molecule has 0 unspecified atom stereocenters. The summed E-state index contributed by atoms with van der Waals surface area (Å²) in [7, 11) is 0. The number of nitrogens with one attached hydrogen (secondary N) is 1. The SMILES string of the molecule is CCCNc1cccc(C(=O)N(CCCO)C(C)C)n1. The topological polar surface area (TPSA) is 65.5 Å². The lowest BCUT2D eigenvalue weighted by Crippen LogP contribution is -2.38. The highest BCUT2D eigenvalue weighted by Gasteiger charge is 2.19. The van der Waals surface area contributed by atoms with Gasteiger partial charge in [0.1, 0.15) is 11.5 Å². The van der Waals surface area contributed by atoms with Gasteiger partial charge >= 0.3 is 0 Å². The quantitative estimate of drug-likeness (QED) is 0.765. The summed E-state index contributed by atoms with van der Waals surface area (Å²) in [6, 6.07) is 5.51. The second-order valence-electron chi connectivity index (χ2n) is 5.00. The molecule has 0 atom stereocenters. The standard InChI is InChI=1S/C15H25N3O2/c1-4-9-16-14-8-5-7-13(17-14)15(20)18(12(2)3)10-6-11-19/h5,7-8,12,19H,4,6,9-11H2,1-3H3,(H,16,17). The summed E-state index contributed by atoms with van der Waals surface area (Å²) in [6.45, 7) is 7.48. The van der Waals surface area contributed by atoms with E-state index in [1.807, 2.05) is 26.0 Å². The van der Waals surface area contributed by atoms with Gasteiger partial charge in [0.25, 0.3) is 5.91 Å². The minimum absolute atomic E-state index is 0.0853. The Balaban J connectivity index is 2.82. The zero-order valence-corrected chi connectivity index (χ0v) is 12.6. The highest BCUT2D eigenvalue weighted by molar-refractivity contribution is 5.92. The number of hydrogen-bond acceptors (Lipinski definition) is 4. The molecule has 1 heterocycles. The van der Waals surface area contributed by atoms with Crippen molar-refractivity contribution in [3.05, 3.63) is 23.9 Å². The van der Waals surface area contributed by atoms with Gasteiger partial charge in [-0.15, -0.1) is 0 Å². The maximum absolute atomic E-state index is 12.5. The van der Waals surface area contributed by atoms with E-state index >= 15 is 0 Å². The summed E-state index contributed by atoms with van der Waals surface area (Å²) in [5, 5.41) is 12.1. The van der Waals surface area contributed by atoms with Crippen LogP contribution in [0.25, 0.3) is 0 Å². The minimum Gasteiger partial charge on any atom is -0.396 e. The van der Waals surface area contributed by atoms with Crippen LogP contribution in [0.4, 0.5) is 5.82 Å². The predicted octanol–water partition coefficient (Wildman–Crippen LogP) is 2.14. The summed E-state index contributed by atoms with van der Waals surface area (Å²) >= 11 is 0. The number of carbonyl (C=O) groups excluding carboxylic acids is 1. The number of anilines is 1. The molecule has 0 bridgehead atoms. The van der Waals surface area contributed by atoms with E-state index in [0.717, 1.165) is 18.8 Å². The van der Waals surface area contributed by atoms with Gasteiger partial charge in [-0.1, -0.05) is 13.0 Å². The Morgan fingerprint density at radius 1 is 1.45 bits per heavy atom. The number of hydrogen-bond donors (Lipinski definition) is 2. The molecule has 5 heteroatoms. The second kappa shape index (κ2) is 8.53. The molecule has 1 aromatic heterocycles. The fourth-order valence-electron chi connectivity index (χ4n) is 1.89. The zero-order chi connectivity index (χ0) is 15.0. The first-order chi connectivity index (χ1) is 9.60. The lowest BCUT2D eigenvalue weighted by molar-refractivity contribution is 0.0687.